The van der Waals surface area contributed by atoms with Crippen LogP contribution in [0.4, 0.5) is 15.8 Å². The molecule has 0 aliphatic carbocycles. The maximum atomic E-state index is 13.9. The number of carbonyl (C=O) groups excluding carboxylic acids is 1. The minimum atomic E-state index is -0.566. The van der Waals surface area contributed by atoms with Crippen molar-refractivity contribution < 1.29 is 13.9 Å². The van der Waals surface area contributed by atoms with Crippen LogP contribution in [0.25, 0.3) is 0 Å². The third-order valence-corrected chi connectivity index (χ3v) is 4.33. The first-order chi connectivity index (χ1) is 10.1. The molecule has 0 spiro atoms. The van der Waals surface area contributed by atoms with E-state index in [0.717, 1.165) is 37.2 Å². The fraction of sp³-hybridized carbons (Fsp3) is 0.500. The molecule has 1 aromatic carbocycles. The minimum absolute atomic E-state index is 0.0814. The standard InChI is InChI=1S/C14H20FN3O2S/c1-20-14(19)10-8-13(11(15)9-12(10)16)17-2-3-18-4-6-21-7-5-18/h8-9,17H,2-7,16H2,1H3. The number of methoxy groups -OCH3 is 1. The quantitative estimate of drug-likeness (QED) is 0.636. The monoisotopic (exact) mass is 313 g/mol. The molecule has 0 saturated carbocycles. The van der Waals surface area contributed by atoms with Crippen molar-refractivity contribution in [1.82, 2.24) is 4.90 Å². The van der Waals surface area contributed by atoms with E-state index in [9.17, 15) is 9.18 Å². The lowest BCUT2D eigenvalue weighted by atomic mass is 10.1. The smallest absolute Gasteiger partial charge is 0.340 e. The number of thioether (sulfide) groups is 1. The molecule has 1 saturated heterocycles. The summed E-state index contributed by atoms with van der Waals surface area (Å²) >= 11 is 1.95. The van der Waals surface area contributed by atoms with Crippen molar-refractivity contribution in [2.75, 3.05) is 55.8 Å². The summed E-state index contributed by atoms with van der Waals surface area (Å²) in [6.07, 6.45) is 0. The zero-order valence-electron chi connectivity index (χ0n) is 12.0. The number of rotatable bonds is 5. The second kappa shape index (κ2) is 7.51. The Morgan fingerprint density at radius 2 is 2.19 bits per heavy atom. The summed E-state index contributed by atoms with van der Waals surface area (Å²) in [7, 11) is 1.27. The van der Waals surface area contributed by atoms with E-state index in [1.165, 1.54) is 13.2 Å². The second-order valence-electron chi connectivity index (χ2n) is 4.79. The van der Waals surface area contributed by atoms with Crippen LogP contribution >= 0.6 is 11.8 Å². The molecule has 0 bridgehead atoms. The number of nitrogens with one attached hydrogen (secondary N) is 1. The molecule has 0 radical (unpaired) electrons. The van der Waals surface area contributed by atoms with Gasteiger partial charge < -0.3 is 15.8 Å². The van der Waals surface area contributed by atoms with Crippen molar-refractivity contribution in [1.29, 1.82) is 0 Å². The molecular weight excluding hydrogens is 293 g/mol. The summed E-state index contributed by atoms with van der Waals surface area (Å²) in [5.74, 6) is 1.25. The minimum Gasteiger partial charge on any atom is -0.465 e. The average Bonchev–Trinajstić information content (AvgIpc) is 2.49. The highest BCUT2D eigenvalue weighted by atomic mass is 32.2. The van der Waals surface area contributed by atoms with Gasteiger partial charge in [-0.25, -0.2) is 9.18 Å². The number of esters is 1. The molecule has 2 rings (SSSR count). The van der Waals surface area contributed by atoms with E-state index in [-0.39, 0.29) is 16.9 Å². The van der Waals surface area contributed by atoms with Gasteiger partial charge in [0.15, 0.2) is 0 Å². The Kier molecular flexibility index (Phi) is 5.69. The topological polar surface area (TPSA) is 67.6 Å². The van der Waals surface area contributed by atoms with Gasteiger partial charge in [-0.1, -0.05) is 0 Å². The van der Waals surface area contributed by atoms with E-state index in [0.29, 0.717) is 6.54 Å². The molecule has 0 amide bonds. The molecule has 0 atom stereocenters. The Labute approximate surface area is 128 Å². The molecule has 1 aliphatic rings. The van der Waals surface area contributed by atoms with Crippen LogP contribution in [0.1, 0.15) is 10.4 Å². The second-order valence-corrected chi connectivity index (χ2v) is 6.02. The number of nitrogen functional groups attached to an aromatic ring is 1. The first-order valence-electron chi connectivity index (χ1n) is 6.83. The third kappa shape index (κ3) is 4.25. The summed E-state index contributed by atoms with van der Waals surface area (Å²) < 4.78 is 18.5. The maximum absolute atomic E-state index is 13.9. The third-order valence-electron chi connectivity index (χ3n) is 3.39. The van der Waals surface area contributed by atoms with Crippen LogP contribution in [0.15, 0.2) is 12.1 Å². The molecule has 1 aromatic rings. The van der Waals surface area contributed by atoms with Crippen LogP contribution in [0.3, 0.4) is 0 Å². The Hall–Kier alpha value is -1.47. The van der Waals surface area contributed by atoms with Gasteiger partial charge in [-0.3, -0.25) is 4.90 Å². The van der Waals surface area contributed by atoms with Crippen LogP contribution in [0, 0.1) is 5.82 Å². The van der Waals surface area contributed by atoms with Crippen LogP contribution in [0.2, 0.25) is 0 Å². The number of hydrogen-bond donors (Lipinski definition) is 2. The summed E-state index contributed by atoms with van der Waals surface area (Å²) in [5.41, 5.74) is 6.17. The lowest BCUT2D eigenvalue weighted by molar-refractivity contribution is 0.0602. The van der Waals surface area contributed by atoms with Gasteiger partial charge in [0.05, 0.1) is 18.4 Å². The predicted octanol–water partition coefficient (Wildman–Crippen LogP) is 1.66. The van der Waals surface area contributed by atoms with Crippen LogP contribution in [0.5, 0.6) is 0 Å². The molecular formula is C14H20FN3O2S. The Bertz CT molecular complexity index is 507. The van der Waals surface area contributed by atoms with Crippen LogP contribution in [-0.2, 0) is 4.74 Å². The lowest BCUT2D eigenvalue weighted by Gasteiger charge is -2.26. The highest BCUT2D eigenvalue weighted by Crippen LogP contribution is 2.22. The predicted molar refractivity (Wildman–Crippen MR) is 84.4 cm³/mol. The number of ether oxygens (including phenoxy) is 1. The van der Waals surface area contributed by atoms with Crippen molar-refractivity contribution >= 4 is 29.1 Å². The fourth-order valence-electron chi connectivity index (χ4n) is 2.18. The normalized spacial score (nSPS) is 15.7. The highest BCUT2D eigenvalue weighted by Gasteiger charge is 2.15. The van der Waals surface area contributed by atoms with Crippen LogP contribution < -0.4 is 11.1 Å². The van der Waals surface area contributed by atoms with E-state index in [1.807, 2.05) is 11.8 Å². The zero-order valence-corrected chi connectivity index (χ0v) is 12.8. The van der Waals surface area contributed by atoms with Gasteiger partial charge in [0.1, 0.15) is 5.82 Å². The van der Waals surface area contributed by atoms with Crippen molar-refractivity contribution in [2.45, 2.75) is 0 Å². The van der Waals surface area contributed by atoms with Gasteiger partial charge in [0, 0.05) is 43.4 Å². The summed E-state index contributed by atoms with van der Waals surface area (Å²) in [4.78, 5) is 13.9. The molecule has 1 heterocycles. The Morgan fingerprint density at radius 1 is 1.48 bits per heavy atom. The van der Waals surface area contributed by atoms with E-state index >= 15 is 0 Å². The van der Waals surface area contributed by atoms with Gasteiger partial charge in [-0.05, 0) is 12.1 Å². The van der Waals surface area contributed by atoms with E-state index in [2.05, 4.69) is 15.0 Å². The number of nitrogens with two attached hydrogens (primary N) is 1. The maximum Gasteiger partial charge on any atom is 0.340 e. The summed E-state index contributed by atoms with van der Waals surface area (Å²) in [6, 6.07) is 2.55. The van der Waals surface area contributed by atoms with Gasteiger partial charge >= 0.3 is 5.97 Å². The zero-order chi connectivity index (χ0) is 15.2. The van der Waals surface area contributed by atoms with Gasteiger partial charge in [0.25, 0.3) is 0 Å². The molecule has 116 valence electrons. The first kappa shape index (κ1) is 15.9. The highest BCUT2D eigenvalue weighted by molar-refractivity contribution is 7.99. The van der Waals surface area contributed by atoms with E-state index in [1.54, 1.807) is 0 Å². The SMILES string of the molecule is COC(=O)c1cc(NCCN2CCSCC2)c(F)cc1N. The molecule has 0 aromatic heterocycles. The molecule has 3 N–H and O–H groups in total. The molecule has 0 unspecified atom stereocenters. The summed E-state index contributed by atoms with van der Waals surface area (Å²) in [6.45, 7) is 3.58. The van der Waals surface area contributed by atoms with Gasteiger partial charge in [0.2, 0.25) is 0 Å². The number of anilines is 2. The van der Waals surface area contributed by atoms with Gasteiger partial charge in [-0.2, -0.15) is 11.8 Å². The number of hydrogen-bond acceptors (Lipinski definition) is 6. The molecule has 1 aliphatic heterocycles. The molecule has 21 heavy (non-hydrogen) atoms. The fourth-order valence-corrected chi connectivity index (χ4v) is 3.16. The number of benzene rings is 1. The van der Waals surface area contributed by atoms with Gasteiger partial charge in [-0.15, -0.1) is 0 Å². The average molecular weight is 313 g/mol. The molecule has 5 nitrogen and oxygen atoms in total. The molecule has 1 fully saturated rings. The van der Waals surface area contributed by atoms with Crippen molar-refractivity contribution in [3.05, 3.63) is 23.5 Å². The molecule has 7 heteroatoms. The Balaban J connectivity index is 1.97. The number of nitrogens with zero attached hydrogens (tertiary/aromatic N) is 1. The van der Waals surface area contributed by atoms with Crippen molar-refractivity contribution in [3.8, 4) is 0 Å². The lowest BCUT2D eigenvalue weighted by Crippen LogP contribution is -2.36. The van der Waals surface area contributed by atoms with Crippen LogP contribution in [-0.4, -0.2) is 55.7 Å². The summed E-state index contributed by atoms with van der Waals surface area (Å²) in [5, 5.41) is 3.02. The van der Waals surface area contributed by atoms with Crippen molar-refractivity contribution in [3.63, 3.8) is 0 Å². The van der Waals surface area contributed by atoms with E-state index < -0.39 is 11.8 Å². The Morgan fingerprint density at radius 3 is 2.86 bits per heavy atom. The van der Waals surface area contributed by atoms with Crippen molar-refractivity contribution in [2.24, 2.45) is 0 Å². The largest absolute Gasteiger partial charge is 0.465 e. The van der Waals surface area contributed by atoms with E-state index in [4.69, 9.17) is 5.73 Å². The number of halogens is 1. The first-order valence-corrected chi connectivity index (χ1v) is 7.98. The number of carbonyl (C=O) groups is 1.